The molecule has 3 amide bonds. The maximum atomic E-state index is 12.6. The SMILES string of the molecule is CC1(C)Cc2c(-c3cc(NC(=O)NC4CCC(NC(=O)C5COC5)CC4)ncc3Cl)cnn2C1. The number of nitrogens with one attached hydrogen (secondary N) is 3. The lowest BCUT2D eigenvalue weighted by molar-refractivity contribution is -0.139. The molecule has 1 saturated heterocycles. The maximum Gasteiger partial charge on any atom is 0.320 e. The number of ether oxygens (including phenoxy) is 1. The van der Waals surface area contributed by atoms with Crippen molar-refractivity contribution in [1.82, 2.24) is 25.4 Å². The second-order valence-corrected chi connectivity index (χ2v) is 10.9. The van der Waals surface area contributed by atoms with Gasteiger partial charge in [-0.25, -0.2) is 9.78 Å². The Bertz CT molecular complexity index is 1090. The predicted molar refractivity (Wildman–Crippen MR) is 129 cm³/mol. The molecule has 9 nitrogen and oxygen atoms in total. The molecule has 182 valence electrons. The minimum absolute atomic E-state index is 0.00584. The van der Waals surface area contributed by atoms with Crippen LogP contribution in [0, 0.1) is 11.3 Å². The van der Waals surface area contributed by atoms with Crippen molar-refractivity contribution in [2.24, 2.45) is 11.3 Å². The fourth-order valence-electron chi connectivity index (χ4n) is 5.01. The molecule has 4 heterocycles. The Morgan fingerprint density at radius 1 is 1.09 bits per heavy atom. The molecule has 3 N–H and O–H groups in total. The van der Waals surface area contributed by atoms with Crippen molar-refractivity contribution in [1.29, 1.82) is 0 Å². The molecule has 2 aromatic heterocycles. The summed E-state index contributed by atoms with van der Waals surface area (Å²) in [5.41, 5.74) is 3.11. The largest absolute Gasteiger partial charge is 0.380 e. The van der Waals surface area contributed by atoms with Crippen molar-refractivity contribution in [2.45, 2.75) is 64.6 Å². The van der Waals surface area contributed by atoms with E-state index < -0.39 is 0 Å². The summed E-state index contributed by atoms with van der Waals surface area (Å²) in [6, 6.07) is 1.74. The number of halogens is 1. The van der Waals surface area contributed by atoms with Gasteiger partial charge in [0.1, 0.15) is 5.82 Å². The number of aromatic nitrogens is 3. The Hall–Kier alpha value is -2.65. The van der Waals surface area contributed by atoms with E-state index in [9.17, 15) is 9.59 Å². The number of urea groups is 1. The Morgan fingerprint density at radius 3 is 2.47 bits per heavy atom. The number of pyridine rings is 1. The molecule has 2 aromatic rings. The molecule has 10 heteroatoms. The van der Waals surface area contributed by atoms with Crippen LogP contribution in [-0.4, -0.2) is 52.0 Å². The standard InChI is InChI=1S/C24H31ClN6O3/c1-24(2)8-20-18(9-27-31(20)13-24)17-7-21(26-10-19(17)25)30-23(33)29-16-5-3-15(4-6-16)28-22(32)14-11-34-12-14/h7,9-10,14-16H,3-6,8,11-13H2,1-2H3,(H,28,32)(H2,26,29,30,33). The van der Waals surface area contributed by atoms with Crippen LogP contribution in [0.25, 0.3) is 11.1 Å². The van der Waals surface area contributed by atoms with E-state index >= 15 is 0 Å². The summed E-state index contributed by atoms with van der Waals surface area (Å²) < 4.78 is 7.12. The molecular formula is C24H31ClN6O3. The van der Waals surface area contributed by atoms with Crippen LogP contribution < -0.4 is 16.0 Å². The third kappa shape index (κ3) is 4.90. The van der Waals surface area contributed by atoms with Crippen molar-refractivity contribution in [3.8, 4) is 11.1 Å². The summed E-state index contributed by atoms with van der Waals surface area (Å²) in [6.45, 7) is 6.36. The first-order valence-corrected chi connectivity index (χ1v) is 12.3. The van der Waals surface area contributed by atoms with Crippen LogP contribution in [0.5, 0.6) is 0 Å². The van der Waals surface area contributed by atoms with E-state index in [1.807, 2.05) is 16.9 Å². The quantitative estimate of drug-likeness (QED) is 0.600. The summed E-state index contributed by atoms with van der Waals surface area (Å²) in [6.07, 6.45) is 7.64. The zero-order valence-corrected chi connectivity index (χ0v) is 20.3. The number of carbonyl (C=O) groups is 2. The van der Waals surface area contributed by atoms with Gasteiger partial charge in [-0.3, -0.25) is 14.8 Å². The van der Waals surface area contributed by atoms with Gasteiger partial charge >= 0.3 is 6.03 Å². The molecule has 3 aliphatic rings. The van der Waals surface area contributed by atoms with Crippen LogP contribution in [0.1, 0.15) is 45.2 Å². The van der Waals surface area contributed by atoms with E-state index in [0.717, 1.165) is 55.5 Å². The monoisotopic (exact) mass is 486 g/mol. The summed E-state index contributed by atoms with van der Waals surface area (Å²) in [7, 11) is 0. The predicted octanol–water partition coefficient (Wildman–Crippen LogP) is 3.38. The van der Waals surface area contributed by atoms with Gasteiger partial charge in [0, 0.05) is 41.6 Å². The normalized spacial score (nSPS) is 23.6. The fourth-order valence-corrected chi connectivity index (χ4v) is 5.22. The number of hydrogen-bond donors (Lipinski definition) is 3. The van der Waals surface area contributed by atoms with Gasteiger partial charge in [-0.1, -0.05) is 25.4 Å². The molecule has 0 spiro atoms. The van der Waals surface area contributed by atoms with Crippen molar-refractivity contribution < 1.29 is 14.3 Å². The molecule has 0 radical (unpaired) electrons. The average molecular weight is 487 g/mol. The number of fused-ring (bicyclic) bond motifs is 1. The van der Waals surface area contributed by atoms with Gasteiger partial charge in [0.15, 0.2) is 0 Å². The first kappa shape index (κ1) is 23.1. The Morgan fingerprint density at radius 2 is 1.79 bits per heavy atom. The van der Waals surface area contributed by atoms with Crippen molar-refractivity contribution >= 4 is 29.4 Å². The van der Waals surface area contributed by atoms with Crippen LogP contribution in [0.15, 0.2) is 18.5 Å². The third-order valence-electron chi connectivity index (χ3n) is 6.98. The van der Waals surface area contributed by atoms with Gasteiger partial charge in [-0.05, 0) is 43.6 Å². The Kier molecular flexibility index (Phi) is 6.24. The Labute approximate surface area is 204 Å². The molecule has 0 unspecified atom stereocenters. The second kappa shape index (κ2) is 9.19. The highest BCUT2D eigenvalue weighted by Crippen LogP contribution is 2.39. The van der Waals surface area contributed by atoms with E-state index in [0.29, 0.717) is 24.1 Å². The second-order valence-electron chi connectivity index (χ2n) is 10.4. The van der Waals surface area contributed by atoms with Gasteiger partial charge in [0.2, 0.25) is 5.91 Å². The van der Waals surface area contributed by atoms with E-state index in [1.165, 1.54) is 0 Å². The van der Waals surface area contributed by atoms with Gasteiger partial charge in [0.25, 0.3) is 0 Å². The molecule has 0 atom stereocenters. The zero-order valence-electron chi connectivity index (χ0n) is 19.6. The van der Waals surface area contributed by atoms with Crippen molar-refractivity contribution in [3.05, 3.63) is 29.2 Å². The van der Waals surface area contributed by atoms with Gasteiger partial charge in [-0.2, -0.15) is 5.10 Å². The van der Waals surface area contributed by atoms with E-state index in [1.54, 1.807) is 6.20 Å². The number of carbonyl (C=O) groups excluding carboxylic acids is 2. The highest BCUT2D eigenvalue weighted by Gasteiger charge is 2.32. The van der Waals surface area contributed by atoms with Crippen molar-refractivity contribution in [3.63, 3.8) is 0 Å². The van der Waals surface area contributed by atoms with Crippen LogP contribution >= 0.6 is 11.6 Å². The minimum Gasteiger partial charge on any atom is -0.380 e. The van der Waals surface area contributed by atoms with E-state index in [-0.39, 0.29) is 35.4 Å². The van der Waals surface area contributed by atoms with Gasteiger partial charge in [0.05, 0.1) is 30.4 Å². The smallest absolute Gasteiger partial charge is 0.320 e. The summed E-state index contributed by atoms with van der Waals surface area (Å²) in [5.74, 6) is 0.518. The molecule has 0 bridgehead atoms. The summed E-state index contributed by atoms with van der Waals surface area (Å²) >= 11 is 6.47. The molecule has 5 rings (SSSR count). The molecular weight excluding hydrogens is 456 g/mol. The summed E-state index contributed by atoms with van der Waals surface area (Å²) in [4.78, 5) is 29.0. The van der Waals surface area contributed by atoms with Gasteiger partial charge in [-0.15, -0.1) is 0 Å². The molecule has 2 aliphatic heterocycles. The number of amides is 3. The number of hydrogen-bond acceptors (Lipinski definition) is 5. The highest BCUT2D eigenvalue weighted by molar-refractivity contribution is 6.33. The molecule has 34 heavy (non-hydrogen) atoms. The zero-order chi connectivity index (χ0) is 23.9. The van der Waals surface area contributed by atoms with E-state index in [4.69, 9.17) is 16.3 Å². The topological polar surface area (TPSA) is 110 Å². The van der Waals surface area contributed by atoms with Crippen LogP contribution in [0.4, 0.5) is 10.6 Å². The van der Waals surface area contributed by atoms with Crippen LogP contribution in [0.3, 0.4) is 0 Å². The van der Waals surface area contributed by atoms with Gasteiger partial charge < -0.3 is 15.4 Å². The van der Waals surface area contributed by atoms with Crippen molar-refractivity contribution in [2.75, 3.05) is 18.5 Å². The number of nitrogens with zero attached hydrogens (tertiary/aromatic N) is 3. The number of anilines is 1. The summed E-state index contributed by atoms with van der Waals surface area (Å²) in [5, 5.41) is 14.0. The molecule has 2 fully saturated rings. The van der Waals surface area contributed by atoms with Crippen LogP contribution in [0.2, 0.25) is 5.02 Å². The van der Waals surface area contributed by atoms with Crippen LogP contribution in [-0.2, 0) is 22.5 Å². The lowest BCUT2D eigenvalue weighted by Gasteiger charge is -2.32. The Balaban J connectivity index is 1.16. The highest BCUT2D eigenvalue weighted by atomic mass is 35.5. The fraction of sp³-hybridized carbons (Fsp3) is 0.583. The van der Waals surface area contributed by atoms with E-state index in [2.05, 4.69) is 39.9 Å². The third-order valence-corrected chi connectivity index (χ3v) is 7.28. The number of rotatable bonds is 5. The molecule has 1 saturated carbocycles. The maximum absolute atomic E-state index is 12.6. The molecule has 0 aromatic carbocycles. The molecule has 1 aliphatic carbocycles. The first-order chi connectivity index (χ1) is 16.3. The lowest BCUT2D eigenvalue weighted by Crippen LogP contribution is -2.49. The lowest BCUT2D eigenvalue weighted by atomic mass is 9.89. The average Bonchev–Trinajstić information content (AvgIpc) is 3.24. The first-order valence-electron chi connectivity index (χ1n) is 11.9. The minimum atomic E-state index is -0.291.